The second-order valence-corrected chi connectivity index (χ2v) is 5.00. The summed E-state index contributed by atoms with van der Waals surface area (Å²) in [5, 5.41) is 0. The molecular weight excluding hydrogens is 298 g/mol. The molecule has 0 atom stereocenters. The molecule has 0 saturated heterocycles. The van der Waals surface area contributed by atoms with Crippen molar-refractivity contribution in [2.24, 2.45) is 7.05 Å². The van der Waals surface area contributed by atoms with Crippen molar-refractivity contribution in [3.63, 3.8) is 0 Å². The maximum atomic E-state index is 6.04. The molecule has 0 spiro atoms. The van der Waals surface area contributed by atoms with E-state index in [1.807, 2.05) is 30.7 Å². The van der Waals surface area contributed by atoms with Crippen LogP contribution in [0.25, 0.3) is 11.3 Å². The van der Waals surface area contributed by atoms with Crippen molar-refractivity contribution in [2.75, 3.05) is 12.5 Å². The van der Waals surface area contributed by atoms with Gasteiger partial charge in [0.1, 0.15) is 17.3 Å². The van der Waals surface area contributed by atoms with E-state index in [2.05, 4.69) is 20.9 Å². The molecule has 1 aliphatic rings. The molecule has 5 nitrogen and oxygen atoms in total. The van der Waals surface area contributed by atoms with Gasteiger partial charge < -0.3 is 19.8 Å². The van der Waals surface area contributed by atoms with E-state index in [4.69, 9.17) is 15.2 Å². The number of aromatic nitrogens is 2. The number of ether oxygens (including phenoxy) is 2. The highest BCUT2D eigenvalue weighted by molar-refractivity contribution is 9.10. The molecule has 6 heteroatoms. The molecule has 94 valence electrons. The molecule has 1 aromatic carbocycles. The molecule has 2 aromatic rings. The Labute approximate surface area is 113 Å². The summed E-state index contributed by atoms with van der Waals surface area (Å²) in [6.45, 7) is 2.16. The summed E-state index contributed by atoms with van der Waals surface area (Å²) in [4.78, 5) is 4.47. The van der Waals surface area contributed by atoms with Crippen LogP contribution in [-0.4, -0.2) is 16.3 Å². The van der Waals surface area contributed by atoms with Gasteiger partial charge in [0.2, 0.25) is 6.79 Å². The van der Waals surface area contributed by atoms with Crippen LogP contribution in [0.4, 0.5) is 5.82 Å². The van der Waals surface area contributed by atoms with Crippen molar-refractivity contribution >= 4 is 21.7 Å². The van der Waals surface area contributed by atoms with E-state index in [1.54, 1.807) is 0 Å². The van der Waals surface area contributed by atoms with Gasteiger partial charge in [-0.1, -0.05) is 0 Å². The molecule has 3 rings (SSSR count). The largest absolute Gasteiger partial charge is 0.454 e. The molecule has 2 N–H and O–H groups in total. The fraction of sp³-hybridized carbons (Fsp3) is 0.250. The Kier molecular flexibility index (Phi) is 2.48. The Bertz CT molecular complexity index is 637. The first-order chi connectivity index (χ1) is 8.58. The second kappa shape index (κ2) is 3.91. The summed E-state index contributed by atoms with van der Waals surface area (Å²) in [5.74, 6) is 2.95. The number of aryl methyl sites for hydroxylation is 1. The SMILES string of the molecule is Cc1nc(-c2cc(Br)c3c(c2)OCO3)c(N)n1C. The molecule has 0 amide bonds. The number of rotatable bonds is 1. The molecule has 1 aromatic heterocycles. The Morgan fingerprint density at radius 3 is 2.83 bits per heavy atom. The fourth-order valence-corrected chi connectivity index (χ4v) is 2.50. The molecule has 0 aliphatic carbocycles. The number of nitrogen functional groups attached to an aromatic ring is 1. The van der Waals surface area contributed by atoms with Crippen molar-refractivity contribution in [2.45, 2.75) is 6.92 Å². The first kappa shape index (κ1) is 11.4. The van der Waals surface area contributed by atoms with Gasteiger partial charge in [0.25, 0.3) is 0 Å². The van der Waals surface area contributed by atoms with E-state index in [0.29, 0.717) is 11.6 Å². The van der Waals surface area contributed by atoms with E-state index in [9.17, 15) is 0 Å². The van der Waals surface area contributed by atoms with Crippen LogP contribution in [0.15, 0.2) is 16.6 Å². The van der Waals surface area contributed by atoms with E-state index >= 15 is 0 Å². The van der Waals surface area contributed by atoms with Gasteiger partial charge in [-0.2, -0.15) is 0 Å². The molecule has 2 heterocycles. The summed E-state index contributed by atoms with van der Waals surface area (Å²) < 4.78 is 13.4. The van der Waals surface area contributed by atoms with Crippen LogP contribution < -0.4 is 15.2 Å². The van der Waals surface area contributed by atoms with Gasteiger partial charge in [-0.05, 0) is 35.0 Å². The van der Waals surface area contributed by atoms with Crippen molar-refractivity contribution in [3.05, 3.63) is 22.4 Å². The number of anilines is 1. The highest BCUT2D eigenvalue weighted by atomic mass is 79.9. The smallest absolute Gasteiger partial charge is 0.231 e. The number of fused-ring (bicyclic) bond motifs is 1. The Hall–Kier alpha value is -1.69. The molecule has 0 radical (unpaired) electrons. The van der Waals surface area contributed by atoms with Crippen LogP contribution in [0.5, 0.6) is 11.5 Å². The van der Waals surface area contributed by atoms with E-state index in [-0.39, 0.29) is 6.79 Å². The highest BCUT2D eigenvalue weighted by Gasteiger charge is 2.20. The predicted molar refractivity (Wildman–Crippen MR) is 71.6 cm³/mol. The lowest BCUT2D eigenvalue weighted by Crippen LogP contribution is -1.98. The van der Waals surface area contributed by atoms with Crippen molar-refractivity contribution in [1.82, 2.24) is 9.55 Å². The van der Waals surface area contributed by atoms with Gasteiger partial charge in [-0.25, -0.2) is 4.98 Å². The number of hydrogen-bond acceptors (Lipinski definition) is 4. The Morgan fingerprint density at radius 2 is 2.17 bits per heavy atom. The van der Waals surface area contributed by atoms with E-state index < -0.39 is 0 Å². The molecular formula is C12H12BrN3O2. The standard InChI is InChI=1S/C12H12BrN3O2/c1-6-15-10(12(14)16(6)2)7-3-8(13)11-9(4-7)17-5-18-11/h3-4H,5,14H2,1-2H3. The lowest BCUT2D eigenvalue weighted by Gasteiger charge is -2.04. The van der Waals surface area contributed by atoms with Crippen molar-refractivity contribution in [3.8, 4) is 22.8 Å². The zero-order valence-corrected chi connectivity index (χ0v) is 11.6. The van der Waals surface area contributed by atoms with Crippen LogP contribution in [0.2, 0.25) is 0 Å². The molecule has 0 unspecified atom stereocenters. The second-order valence-electron chi connectivity index (χ2n) is 4.14. The van der Waals surface area contributed by atoms with Gasteiger partial charge >= 0.3 is 0 Å². The minimum atomic E-state index is 0.244. The number of benzene rings is 1. The Morgan fingerprint density at radius 1 is 1.39 bits per heavy atom. The fourth-order valence-electron chi connectivity index (χ4n) is 1.94. The lowest BCUT2D eigenvalue weighted by atomic mass is 10.1. The first-order valence-corrected chi connectivity index (χ1v) is 6.25. The van der Waals surface area contributed by atoms with Crippen LogP contribution in [0, 0.1) is 6.92 Å². The maximum Gasteiger partial charge on any atom is 0.231 e. The maximum absolute atomic E-state index is 6.04. The van der Waals surface area contributed by atoms with Crippen LogP contribution in [-0.2, 0) is 7.05 Å². The van der Waals surface area contributed by atoms with Crippen LogP contribution in [0.3, 0.4) is 0 Å². The monoisotopic (exact) mass is 309 g/mol. The molecule has 1 aliphatic heterocycles. The summed E-state index contributed by atoms with van der Waals surface area (Å²) in [6, 6.07) is 3.83. The average Bonchev–Trinajstić information content (AvgIpc) is 2.90. The number of nitrogens with two attached hydrogens (primary N) is 1. The number of halogens is 1. The summed E-state index contributed by atoms with van der Waals surface area (Å²) in [6.07, 6.45) is 0. The van der Waals surface area contributed by atoms with Gasteiger partial charge in [-0.15, -0.1) is 0 Å². The van der Waals surface area contributed by atoms with Crippen LogP contribution >= 0.6 is 15.9 Å². The minimum absolute atomic E-state index is 0.244. The van der Waals surface area contributed by atoms with Gasteiger partial charge in [0.15, 0.2) is 11.5 Å². The number of nitrogens with zero attached hydrogens (tertiary/aromatic N) is 2. The molecule has 18 heavy (non-hydrogen) atoms. The van der Waals surface area contributed by atoms with Crippen LogP contribution in [0.1, 0.15) is 5.82 Å². The summed E-state index contributed by atoms with van der Waals surface area (Å²) in [5.41, 5.74) is 7.71. The number of hydrogen-bond donors (Lipinski definition) is 1. The van der Waals surface area contributed by atoms with Gasteiger partial charge in [0.05, 0.1) is 4.47 Å². The van der Waals surface area contributed by atoms with Crippen molar-refractivity contribution < 1.29 is 9.47 Å². The van der Waals surface area contributed by atoms with Gasteiger partial charge in [-0.3, -0.25) is 0 Å². The highest BCUT2D eigenvalue weighted by Crippen LogP contribution is 2.43. The summed E-state index contributed by atoms with van der Waals surface area (Å²) >= 11 is 3.46. The normalized spacial score (nSPS) is 13.1. The number of imidazole rings is 1. The third-order valence-corrected chi connectivity index (χ3v) is 3.65. The van der Waals surface area contributed by atoms with E-state index in [0.717, 1.165) is 27.3 Å². The third kappa shape index (κ3) is 1.56. The first-order valence-electron chi connectivity index (χ1n) is 5.46. The Balaban J connectivity index is 2.18. The quantitative estimate of drug-likeness (QED) is 0.879. The van der Waals surface area contributed by atoms with Gasteiger partial charge in [0, 0.05) is 12.6 Å². The third-order valence-electron chi connectivity index (χ3n) is 3.06. The molecule has 0 fully saturated rings. The predicted octanol–water partition coefficient (Wildman–Crippen LogP) is 2.47. The zero-order chi connectivity index (χ0) is 12.9. The van der Waals surface area contributed by atoms with E-state index in [1.165, 1.54) is 0 Å². The summed E-state index contributed by atoms with van der Waals surface area (Å²) in [7, 11) is 1.89. The minimum Gasteiger partial charge on any atom is -0.454 e. The molecule has 0 saturated carbocycles. The lowest BCUT2D eigenvalue weighted by molar-refractivity contribution is 0.173. The zero-order valence-electron chi connectivity index (χ0n) is 10.0. The molecule has 0 bridgehead atoms. The topological polar surface area (TPSA) is 62.3 Å². The van der Waals surface area contributed by atoms with Crippen molar-refractivity contribution in [1.29, 1.82) is 0 Å². The average molecular weight is 310 g/mol.